The minimum atomic E-state index is -1.21. The smallest absolute Gasteiger partial charge is 0.217 e. The van der Waals surface area contributed by atoms with E-state index in [9.17, 15) is 9.59 Å². The Bertz CT molecular complexity index is 2210. The van der Waals surface area contributed by atoms with Gasteiger partial charge in [0.15, 0.2) is 12.6 Å². The second-order valence-corrected chi connectivity index (χ2v) is 16.5. The molecule has 2 N–H and O–H groups in total. The summed E-state index contributed by atoms with van der Waals surface area (Å²) in [5, 5.41) is 6.15. The maximum atomic E-state index is 13.4. The van der Waals surface area contributed by atoms with E-state index in [-0.39, 0.29) is 58.1 Å². The Balaban J connectivity index is 1.28. The van der Waals surface area contributed by atoms with Gasteiger partial charge in [0.2, 0.25) is 11.8 Å². The normalized spacial score (nSPS) is 24.9. The van der Waals surface area contributed by atoms with Crippen LogP contribution in [0.4, 0.5) is 0 Å². The highest BCUT2D eigenvalue weighted by atomic mass is 16.7. The van der Waals surface area contributed by atoms with E-state index in [4.69, 9.17) is 42.6 Å². The van der Waals surface area contributed by atoms with Gasteiger partial charge in [-0.2, -0.15) is 0 Å². The van der Waals surface area contributed by atoms with Crippen LogP contribution in [0.25, 0.3) is 0 Å². The molecule has 0 radical (unpaired) electrons. The zero-order chi connectivity index (χ0) is 46.6. The maximum Gasteiger partial charge on any atom is 0.217 e. The van der Waals surface area contributed by atoms with Crippen LogP contribution >= 0.6 is 0 Å². The summed E-state index contributed by atoms with van der Waals surface area (Å²) in [6, 6.07) is 47.1. The van der Waals surface area contributed by atoms with E-state index in [0.29, 0.717) is 6.61 Å². The molecule has 0 unspecified atom stereocenters. The summed E-state index contributed by atoms with van der Waals surface area (Å²) < 4.78 is 60.5. The van der Waals surface area contributed by atoms with Gasteiger partial charge in [-0.25, -0.2) is 0 Å². The van der Waals surface area contributed by atoms with Crippen LogP contribution in [0.15, 0.2) is 164 Å². The Morgan fingerprint density at radius 2 is 0.821 bits per heavy atom. The van der Waals surface area contributed by atoms with Gasteiger partial charge in [0, 0.05) is 13.8 Å². The number of amides is 2. The van der Waals surface area contributed by atoms with Crippen molar-refractivity contribution in [1.29, 1.82) is 0 Å². The first-order chi connectivity index (χ1) is 32.8. The zero-order valence-electron chi connectivity index (χ0n) is 38.1. The van der Waals surface area contributed by atoms with Gasteiger partial charge < -0.3 is 53.3 Å². The molecule has 67 heavy (non-hydrogen) atoms. The lowest BCUT2D eigenvalue weighted by atomic mass is 9.93. The Labute approximate surface area is 393 Å². The molecule has 2 saturated heterocycles. The molecule has 13 heteroatoms. The second-order valence-electron chi connectivity index (χ2n) is 16.5. The molecule has 2 amide bonds. The molecular weight excluding hydrogens is 853 g/mol. The first-order valence-electron chi connectivity index (χ1n) is 22.8. The molecule has 7 rings (SSSR count). The summed E-state index contributed by atoms with van der Waals surface area (Å²) >= 11 is 0. The molecule has 5 aromatic rings. The molecule has 0 bridgehead atoms. The van der Waals surface area contributed by atoms with Gasteiger partial charge in [0.05, 0.1) is 52.9 Å². The minimum Gasteiger partial charge on any atom is -0.374 e. The van der Waals surface area contributed by atoms with E-state index < -0.39 is 61.3 Å². The predicted octanol–water partition coefficient (Wildman–Crippen LogP) is 7.22. The van der Waals surface area contributed by atoms with Gasteiger partial charge in [0.25, 0.3) is 0 Å². The largest absolute Gasteiger partial charge is 0.374 e. The van der Waals surface area contributed by atoms with Crippen LogP contribution in [0.5, 0.6) is 0 Å². The van der Waals surface area contributed by atoms with Crippen LogP contribution < -0.4 is 10.6 Å². The van der Waals surface area contributed by atoms with Crippen molar-refractivity contribution in [3.63, 3.8) is 0 Å². The second kappa shape index (κ2) is 26.1. The SMILES string of the molecule is C=CCO[C@@H]1O[C@H](COCc2ccccc2)[C@@H](O[C@@H]2O[C@H](COCc3ccccc3)[C@@H](OCc3ccccc3)[C@H](OCc3ccccc3)[C@H]2NC(C)=O)[C@H](OCc2ccccc2)[C@H]1NC(C)=O. The highest BCUT2D eigenvalue weighted by molar-refractivity contribution is 5.73. The summed E-state index contributed by atoms with van der Waals surface area (Å²) in [6.45, 7) is 8.09. The van der Waals surface area contributed by atoms with E-state index >= 15 is 0 Å². The number of benzene rings is 5. The van der Waals surface area contributed by atoms with E-state index in [1.54, 1.807) is 6.08 Å². The van der Waals surface area contributed by atoms with Crippen LogP contribution in [0.2, 0.25) is 0 Å². The van der Waals surface area contributed by atoms with E-state index in [1.165, 1.54) is 13.8 Å². The molecule has 13 nitrogen and oxygen atoms in total. The molecule has 0 spiro atoms. The first-order valence-corrected chi connectivity index (χ1v) is 22.8. The number of nitrogens with one attached hydrogen (secondary N) is 2. The molecule has 0 saturated carbocycles. The third kappa shape index (κ3) is 15.0. The van der Waals surface area contributed by atoms with Gasteiger partial charge in [-0.3, -0.25) is 9.59 Å². The Hall–Kier alpha value is -5.58. The van der Waals surface area contributed by atoms with Crippen molar-refractivity contribution in [2.75, 3.05) is 19.8 Å². The van der Waals surface area contributed by atoms with E-state index in [0.717, 1.165) is 27.8 Å². The average Bonchev–Trinajstić information content (AvgIpc) is 3.35. The molecule has 2 fully saturated rings. The van der Waals surface area contributed by atoms with E-state index in [1.807, 2.05) is 152 Å². The van der Waals surface area contributed by atoms with Crippen molar-refractivity contribution in [2.24, 2.45) is 0 Å². The van der Waals surface area contributed by atoms with Crippen LogP contribution in [-0.4, -0.2) is 92.9 Å². The summed E-state index contributed by atoms with van der Waals surface area (Å²) in [4.78, 5) is 26.4. The van der Waals surface area contributed by atoms with Gasteiger partial charge in [-0.15, -0.1) is 6.58 Å². The van der Waals surface area contributed by atoms with Crippen LogP contribution in [0.1, 0.15) is 41.7 Å². The lowest BCUT2D eigenvalue weighted by Crippen LogP contribution is -2.70. The Kier molecular flexibility index (Phi) is 19.2. The molecule has 2 aliphatic heterocycles. The summed E-state index contributed by atoms with van der Waals surface area (Å²) in [7, 11) is 0. The maximum absolute atomic E-state index is 13.4. The number of carbonyl (C=O) groups is 2. The fraction of sp³-hybridized carbons (Fsp3) is 0.370. The van der Waals surface area contributed by atoms with Gasteiger partial charge in [-0.1, -0.05) is 158 Å². The van der Waals surface area contributed by atoms with Gasteiger partial charge in [0.1, 0.15) is 48.7 Å². The monoisotopic (exact) mass is 914 g/mol. The van der Waals surface area contributed by atoms with E-state index in [2.05, 4.69) is 17.2 Å². The topological polar surface area (TPSA) is 141 Å². The van der Waals surface area contributed by atoms with Crippen molar-refractivity contribution in [3.8, 4) is 0 Å². The predicted molar refractivity (Wildman–Crippen MR) is 251 cm³/mol. The van der Waals surface area contributed by atoms with Crippen LogP contribution in [0, 0.1) is 0 Å². The van der Waals surface area contributed by atoms with Crippen molar-refractivity contribution in [3.05, 3.63) is 192 Å². The first kappa shape index (κ1) is 49.3. The minimum absolute atomic E-state index is 0.0311. The average molecular weight is 915 g/mol. The molecule has 10 atom stereocenters. The highest BCUT2D eigenvalue weighted by Crippen LogP contribution is 2.35. The fourth-order valence-corrected chi connectivity index (χ4v) is 8.22. The number of hydrogen-bond donors (Lipinski definition) is 2. The molecule has 2 aliphatic rings. The number of hydrogen-bond acceptors (Lipinski definition) is 11. The summed E-state index contributed by atoms with van der Waals surface area (Å²) in [6.07, 6.45) is -5.74. The van der Waals surface area contributed by atoms with Crippen molar-refractivity contribution < 1.29 is 52.2 Å². The zero-order valence-corrected chi connectivity index (χ0v) is 38.1. The fourth-order valence-electron chi connectivity index (χ4n) is 8.22. The van der Waals surface area contributed by atoms with Crippen molar-refractivity contribution >= 4 is 11.8 Å². The highest BCUT2D eigenvalue weighted by Gasteiger charge is 2.54. The van der Waals surface area contributed by atoms with Gasteiger partial charge >= 0.3 is 0 Å². The van der Waals surface area contributed by atoms with Gasteiger partial charge in [-0.05, 0) is 27.8 Å². The van der Waals surface area contributed by atoms with Crippen molar-refractivity contribution in [2.45, 2.75) is 108 Å². The molecule has 5 aromatic carbocycles. The lowest BCUT2D eigenvalue weighted by Gasteiger charge is -2.50. The lowest BCUT2D eigenvalue weighted by molar-refractivity contribution is -0.343. The standard InChI is InChI=1S/C54H62N2O11/c1-4-30-61-53-47(55-38(2)57)52(64-35-44-28-18-9-19-29-44)50(46(65-53)37-60-32-41-22-12-6-13-23-41)67-54-48(56-39(3)58)51(63-34-43-26-16-8-17-27-43)49(62-33-42-24-14-7-15-25-42)45(66-54)36-59-31-40-20-10-5-11-21-40/h4-29,45-54H,1,30-37H2,2-3H3,(H,55,57)(H,56,58)/t45-,46-,47-,48-,49-,50-,51-,52-,53-,54+/m1/s1. The Morgan fingerprint density at radius 3 is 1.22 bits per heavy atom. The third-order valence-corrected chi connectivity index (χ3v) is 11.3. The molecule has 0 aliphatic carbocycles. The number of rotatable bonds is 24. The molecule has 2 heterocycles. The Morgan fingerprint density at radius 1 is 0.478 bits per heavy atom. The molecule has 0 aromatic heterocycles. The summed E-state index contributed by atoms with van der Waals surface area (Å²) in [5.74, 6) is -0.676. The van der Waals surface area contributed by atoms with Crippen LogP contribution in [-0.2, 0) is 85.3 Å². The molecular formula is C54H62N2O11. The number of carbonyl (C=O) groups excluding carboxylic acids is 2. The number of ether oxygens (including phenoxy) is 9. The summed E-state index contributed by atoms with van der Waals surface area (Å²) in [5.41, 5.74) is 4.69. The molecule has 354 valence electrons. The van der Waals surface area contributed by atoms with Crippen LogP contribution in [0.3, 0.4) is 0 Å². The van der Waals surface area contributed by atoms with Crippen molar-refractivity contribution in [1.82, 2.24) is 10.6 Å². The quantitative estimate of drug-likeness (QED) is 0.0607. The third-order valence-electron chi connectivity index (χ3n) is 11.3.